The van der Waals surface area contributed by atoms with E-state index >= 15 is 0 Å². The second kappa shape index (κ2) is 5.46. The second-order valence-corrected chi connectivity index (χ2v) is 4.72. The Morgan fingerprint density at radius 1 is 1.12 bits per heavy atom. The Balaban J connectivity index is 1.49. The predicted molar refractivity (Wildman–Crippen MR) is 64.1 cm³/mol. The molecule has 0 unspecified atom stereocenters. The van der Waals surface area contributed by atoms with Crippen molar-refractivity contribution in [2.45, 2.75) is 44.3 Å². The highest BCUT2D eigenvalue weighted by Gasteiger charge is 2.39. The summed E-state index contributed by atoms with van der Waals surface area (Å²) in [5.41, 5.74) is 0.933. The summed E-state index contributed by atoms with van der Waals surface area (Å²) in [6, 6.07) is 10.2. The normalized spacial score (nSPS) is 17.3. The lowest BCUT2D eigenvalue weighted by atomic mass is 10.1. The molecule has 1 fully saturated rings. The average Bonchev–Trinajstić information content (AvgIpc) is 3.03. The number of unbranched alkanes of at least 4 members (excludes halogenated alkanes) is 1. The molecule has 0 radical (unpaired) electrons. The van der Waals surface area contributed by atoms with E-state index in [9.17, 15) is 5.11 Å². The van der Waals surface area contributed by atoms with Crippen LogP contribution in [0.4, 0.5) is 0 Å². The molecule has 16 heavy (non-hydrogen) atoms. The molecule has 0 aliphatic heterocycles. The lowest BCUT2D eigenvalue weighted by molar-refractivity contribution is 0.104. The highest BCUT2D eigenvalue weighted by atomic mass is 16.5. The minimum absolute atomic E-state index is 0.292. The Kier molecular flexibility index (Phi) is 3.97. The summed E-state index contributed by atoms with van der Waals surface area (Å²) < 4.78 is 5.57. The largest absolute Gasteiger partial charge is 0.390 e. The molecule has 0 saturated heterocycles. The van der Waals surface area contributed by atoms with E-state index in [1.54, 1.807) is 0 Å². The van der Waals surface area contributed by atoms with Gasteiger partial charge in [0.1, 0.15) is 0 Å². The van der Waals surface area contributed by atoms with Crippen LogP contribution in [0, 0.1) is 0 Å². The zero-order chi connectivity index (χ0) is 11.3. The van der Waals surface area contributed by atoms with Crippen LogP contribution in [0.25, 0.3) is 0 Å². The van der Waals surface area contributed by atoms with E-state index in [-0.39, 0.29) is 5.60 Å². The van der Waals surface area contributed by atoms with Gasteiger partial charge >= 0.3 is 0 Å². The molecular weight excluding hydrogens is 200 g/mol. The first-order valence-electron chi connectivity index (χ1n) is 6.13. The van der Waals surface area contributed by atoms with E-state index in [1.165, 1.54) is 5.56 Å². The van der Waals surface area contributed by atoms with Crippen molar-refractivity contribution in [2.24, 2.45) is 0 Å². The van der Waals surface area contributed by atoms with Crippen molar-refractivity contribution in [2.75, 3.05) is 6.61 Å². The molecule has 2 heteroatoms. The van der Waals surface area contributed by atoms with Gasteiger partial charge in [-0.2, -0.15) is 0 Å². The standard InChI is InChI=1S/C14H20O2/c15-14(9-10-14)8-4-5-11-16-12-13-6-2-1-3-7-13/h1-3,6-7,15H,4-5,8-12H2. The molecule has 1 aliphatic carbocycles. The van der Waals surface area contributed by atoms with Crippen LogP contribution in [0.1, 0.15) is 37.7 Å². The van der Waals surface area contributed by atoms with Crippen LogP contribution in [0.3, 0.4) is 0 Å². The quantitative estimate of drug-likeness (QED) is 0.716. The highest BCUT2D eigenvalue weighted by Crippen LogP contribution is 2.39. The van der Waals surface area contributed by atoms with Gasteiger partial charge in [-0.25, -0.2) is 0 Å². The molecule has 0 aromatic heterocycles. The molecule has 0 bridgehead atoms. The molecule has 1 N–H and O–H groups in total. The average molecular weight is 220 g/mol. The zero-order valence-corrected chi connectivity index (χ0v) is 9.69. The van der Waals surface area contributed by atoms with Crippen LogP contribution >= 0.6 is 0 Å². The molecule has 1 aromatic rings. The van der Waals surface area contributed by atoms with Crippen molar-refractivity contribution in [1.29, 1.82) is 0 Å². The number of hydrogen-bond acceptors (Lipinski definition) is 2. The lowest BCUT2D eigenvalue weighted by Gasteiger charge is -2.07. The van der Waals surface area contributed by atoms with Crippen LogP contribution in [0.15, 0.2) is 30.3 Å². The first-order valence-corrected chi connectivity index (χ1v) is 6.13. The summed E-state index contributed by atoms with van der Waals surface area (Å²) in [6.45, 7) is 1.50. The van der Waals surface area contributed by atoms with Crippen LogP contribution in [0.5, 0.6) is 0 Å². The van der Waals surface area contributed by atoms with Gasteiger partial charge in [0.2, 0.25) is 0 Å². The first-order chi connectivity index (χ1) is 7.79. The molecule has 1 aliphatic rings. The summed E-state index contributed by atoms with van der Waals surface area (Å²) in [4.78, 5) is 0. The molecule has 1 aromatic carbocycles. The van der Waals surface area contributed by atoms with E-state index in [0.29, 0.717) is 6.61 Å². The maximum absolute atomic E-state index is 9.62. The topological polar surface area (TPSA) is 29.5 Å². The highest BCUT2D eigenvalue weighted by molar-refractivity contribution is 5.13. The van der Waals surface area contributed by atoms with E-state index in [4.69, 9.17) is 4.74 Å². The van der Waals surface area contributed by atoms with Gasteiger partial charge in [0.05, 0.1) is 12.2 Å². The zero-order valence-electron chi connectivity index (χ0n) is 9.69. The summed E-state index contributed by atoms with van der Waals surface area (Å²) in [6.07, 6.45) is 5.07. The minimum atomic E-state index is -0.292. The van der Waals surface area contributed by atoms with Crippen molar-refractivity contribution in [3.63, 3.8) is 0 Å². The Labute approximate surface area is 97.3 Å². The third-order valence-electron chi connectivity index (χ3n) is 3.12. The van der Waals surface area contributed by atoms with E-state index in [0.717, 1.165) is 38.7 Å². The molecule has 0 spiro atoms. The number of rotatable bonds is 7. The fourth-order valence-electron chi connectivity index (χ4n) is 1.82. The fourth-order valence-corrected chi connectivity index (χ4v) is 1.82. The van der Waals surface area contributed by atoms with Gasteiger partial charge in [-0.3, -0.25) is 0 Å². The van der Waals surface area contributed by atoms with Gasteiger partial charge in [-0.1, -0.05) is 30.3 Å². The summed E-state index contributed by atoms with van der Waals surface area (Å²) in [7, 11) is 0. The van der Waals surface area contributed by atoms with E-state index in [2.05, 4.69) is 12.1 Å². The number of benzene rings is 1. The van der Waals surface area contributed by atoms with Gasteiger partial charge in [-0.05, 0) is 37.7 Å². The summed E-state index contributed by atoms with van der Waals surface area (Å²) in [5.74, 6) is 0. The summed E-state index contributed by atoms with van der Waals surface area (Å²) in [5, 5.41) is 9.62. The Morgan fingerprint density at radius 2 is 1.88 bits per heavy atom. The summed E-state index contributed by atoms with van der Waals surface area (Å²) >= 11 is 0. The van der Waals surface area contributed by atoms with Gasteiger partial charge in [-0.15, -0.1) is 0 Å². The first kappa shape index (κ1) is 11.6. The molecule has 0 heterocycles. The third kappa shape index (κ3) is 3.95. The molecule has 0 amide bonds. The van der Waals surface area contributed by atoms with Crippen molar-refractivity contribution >= 4 is 0 Å². The minimum Gasteiger partial charge on any atom is -0.390 e. The fraction of sp³-hybridized carbons (Fsp3) is 0.571. The van der Waals surface area contributed by atoms with Crippen LogP contribution in [-0.2, 0) is 11.3 Å². The van der Waals surface area contributed by atoms with Crippen molar-refractivity contribution < 1.29 is 9.84 Å². The molecule has 88 valence electrons. The number of aliphatic hydroxyl groups is 1. The van der Waals surface area contributed by atoms with Crippen LogP contribution < -0.4 is 0 Å². The van der Waals surface area contributed by atoms with Crippen LogP contribution in [-0.4, -0.2) is 17.3 Å². The number of hydrogen-bond donors (Lipinski definition) is 1. The van der Waals surface area contributed by atoms with Crippen molar-refractivity contribution in [1.82, 2.24) is 0 Å². The van der Waals surface area contributed by atoms with Gasteiger partial charge < -0.3 is 9.84 Å². The second-order valence-electron chi connectivity index (χ2n) is 4.72. The molecule has 2 nitrogen and oxygen atoms in total. The Hall–Kier alpha value is -0.860. The van der Waals surface area contributed by atoms with Gasteiger partial charge in [0.25, 0.3) is 0 Å². The van der Waals surface area contributed by atoms with Gasteiger partial charge in [0, 0.05) is 6.61 Å². The smallest absolute Gasteiger partial charge is 0.0716 e. The predicted octanol–water partition coefficient (Wildman–Crippen LogP) is 2.90. The molecule has 2 rings (SSSR count). The van der Waals surface area contributed by atoms with Gasteiger partial charge in [0.15, 0.2) is 0 Å². The van der Waals surface area contributed by atoms with E-state index in [1.807, 2.05) is 18.2 Å². The Bertz CT molecular complexity index is 304. The number of ether oxygens (including phenoxy) is 1. The van der Waals surface area contributed by atoms with Crippen LogP contribution in [0.2, 0.25) is 0 Å². The van der Waals surface area contributed by atoms with Crippen molar-refractivity contribution in [3.05, 3.63) is 35.9 Å². The monoisotopic (exact) mass is 220 g/mol. The molecule has 1 saturated carbocycles. The maximum Gasteiger partial charge on any atom is 0.0716 e. The lowest BCUT2D eigenvalue weighted by Crippen LogP contribution is -2.06. The third-order valence-corrected chi connectivity index (χ3v) is 3.12. The molecular formula is C14H20O2. The van der Waals surface area contributed by atoms with Crippen molar-refractivity contribution in [3.8, 4) is 0 Å². The Morgan fingerprint density at radius 3 is 2.56 bits per heavy atom. The maximum atomic E-state index is 9.62. The SMILES string of the molecule is OC1(CCCCOCc2ccccc2)CC1. The van der Waals surface area contributed by atoms with E-state index < -0.39 is 0 Å². The molecule has 0 atom stereocenters.